The summed E-state index contributed by atoms with van der Waals surface area (Å²) in [6.45, 7) is 1.87. The van der Waals surface area contributed by atoms with Crippen LogP contribution in [0.4, 0.5) is 5.69 Å². The summed E-state index contributed by atoms with van der Waals surface area (Å²) in [6.07, 6.45) is 0. The molecule has 0 aliphatic rings. The van der Waals surface area contributed by atoms with E-state index < -0.39 is 0 Å². The number of nitrogens with zero attached hydrogens (tertiary/aromatic N) is 1. The van der Waals surface area contributed by atoms with E-state index in [2.05, 4.69) is 15.3 Å². The molecule has 1 heterocycles. The Kier molecular flexibility index (Phi) is 3.89. The molecular formula is C21H17N3O2. The van der Waals surface area contributed by atoms with Gasteiger partial charge in [-0.2, -0.15) is 0 Å². The van der Waals surface area contributed by atoms with E-state index in [9.17, 15) is 9.90 Å². The van der Waals surface area contributed by atoms with Crippen molar-refractivity contribution in [3.05, 3.63) is 77.9 Å². The van der Waals surface area contributed by atoms with Gasteiger partial charge >= 0.3 is 0 Å². The molecule has 0 unspecified atom stereocenters. The fourth-order valence-electron chi connectivity index (χ4n) is 2.90. The number of fused-ring (bicyclic) bond motifs is 1. The van der Waals surface area contributed by atoms with Gasteiger partial charge in [0.15, 0.2) is 0 Å². The standard InChI is InChI=1S/C21H17N3O2/c1-13-10-11-19(25)15(12-13)21(26)24-16-7-3-2-6-14(16)20-22-17-8-4-5-9-18(17)23-20/h2-12,25H,1H3,(H,22,23)(H,24,26). The number of rotatable bonds is 3. The molecule has 0 aliphatic carbocycles. The highest BCUT2D eigenvalue weighted by molar-refractivity contribution is 6.08. The minimum Gasteiger partial charge on any atom is -0.507 e. The summed E-state index contributed by atoms with van der Waals surface area (Å²) in [5.41, 5.74) is 4.34. The SMILES string of the molecule is Cc1ccc(O)c(C(=O)Nc2ccccc2-c2nc3ccccc3[nH]2)c1. The topological polar surface area (TPSA) is 78.0 Å². The quantitative estimate of drug-likeness (QED) is 0.513. The van der Waals surface area contributed by atoms with E-state index >= 15 is 0 Å². The first-order chi connectivity index (χ1) is 12.6. The zero-order valence-corrected chi connectivity index (χ0v) is 14.2. The normalized spacial score (nSPS) is 10.8. The van der Waals surface area contributed by atoms with E-state index in [1.165, 1.54) is 6.07 Å². The lowest BCUT2D eigenvalue weighted by Crippen LogP contribution is -2.13. The Bertz CT molecular complexity index is 1080. The summed E-state index contributed by atoms with van der Waals surface area (Å²) in [5.74, 6) is 0.264. The maximum absolute atomic E-state index is 12.6. The summed E-state index contributed by atoms with van der Waals surface area (Å²) in [7, 11) is 0. The van der Waals surface area contributed by atoms with Crippen LogP contribution in [0, 0.1) is 6.92 Å². The third kappa shape index (κ3) is 2.91. The molecule has 3 aromatic carbocycles. The summed E-state index contributed by atoms with van der Waals surface area (Å²) >= 11 is 0. The second-order valence-corrected chi connectivity index (χ2v) is 6.12. The van der Waals surface area contributed by atoms with Gasteiger partial charge in [0.2, 0.25) is 0 Å². The molecule has 0 atom stereocenters. The molecule has 0 bridgehead atoms. The minimum atomic E-state index is -0.366. The van der Waals surface area contributed by atoms with Gasteiger partial charge in [-0.1, -0.05) is 35.9 Å². The first-order valence-electron chi connectivity index (χ1n) is 8.27. The minimum absolute atomic E-state index is 0.0469. The lowest BCUT2D eigenvalue weighted by molar-refractivity contribution is 0.102. The number of phenols is 1. The average Bonchev–Trinajstić information content (AvgIpc) is 3.08. The number of nitrogens with one attached hydrogen (secondary N) is 2. The van der Waals surface area contributed by atoms with Gasteiger partial charge in [0, 0.05) is 5.56 Å². The Morgan fingerprint density at radius 2 is 1.81 bits per heavy atom. The number of phenolic OH excluding ortho intramolecular Hbond substituents is 1. The third-order valence-electron chi connectivity index (χ3n) is 4.22. The van der Waals surface area contributed by atoms with E-state index in [-0.39, 0.29) is 17.2 Å². The smallest absolute Gasteiger partial charge is 0.259 e. The molecule has 0 saturated carbocycles. The number of imidazole rings is 1. The summed E-state index contributed by atoms with van der Waals surface area (Å²) < 4.78 is 0. The molecule has 4 aromatic rings. The number of aromatic nitrogens is 2. The predicted molar refractivity (Wildman–Crippen MR) is 102 cm³/mol. The van der Waals surface area contributed by atoms with Crippen LogP contribution in [0.3, 0.4) is 0 Å². The zero-order valence-electron chi connectivity index (χ0n) is 14.2. The van der Waals surface area contributed by atoms with Crippen LogP contribution in [-0.2, 0) is 0 Å². The number of carbonyl (C=O) groups is 1. The Morgan fingerprint density at radius 3 is 2.65 bits per heavy atom. The van der Waals surface area contributed by atoms with Crippen LogP contribution >= 0.6 is 0 Å². The number of hydrogen-bond donors (Lipinski definition) is 3. The van der Waals surface area contributed by atoms with Crippen LogP contribution in [0.2, 0.25) is 0 Å². The summed E-state index contributed by atoms with van der Waals surface area (Å²) in [5, 5.41) is 12.9. The van der Waals surface area contributed by atoms with Gasteiger partial charge in [-0.15, -0.1) is 0 Å². The first kappa shape index (κ1) is 15.9. The van der Waals surface area contributed by atoms with Crippen molar-refractivity contribution in [1.29, 1.82) is 0 Å². The van der Waals surface area contributed by atoms with Crippen molar-refractivity contribution < 1.29 is 9.90 Å². The highest BCUT2D eigenvalue weighted by Crippen LogP contribution is 2.28. The number of carbonyl (C=O) groups excluding carboxylic acids is 1. The van der Waals surface area contributed by atoms with Crippen molar-refractivity contribution in [2.24, 2.45) is 0 Å². The second-order valence-electron chi connectivity index (χ2n) is 6.12. The number of aromatic amines is 1. The number of amides is 1. The van der Waals surface area contributed by atoms with Crippen LogP contribution in [0.25, 0.3) is 22.4 Å². The van der Waals surface area contributed by atoms with E-state index in [1.807, 2.05) is 55.5 Å². The Morgan fingerprint density at radius 1 is 1.04 bits per heavy atom. The second kappa shape index (κ2) is 6.37. The monoisotopic (exact) mass is 343 g/mol. The van der Waals surface area contributed by atoms with Gasteiger partial charge in [-0.05, 0) is 43.3 Å². The zero-order chi connectivity index (χ0) is 18.1. The largest absolute Gasteiger partial charge is 0.507 e. The van der Waals surface area contributed by atoms with Crippen molar-refractivity contribution in [3.8, 4) is 17.1 Å². The lowest BCUT2D eigenvalue weighted by Gasteiger charge is -2.11. The number of aryl methyl sites for hydroxylation is 1. The Hall–Kier alpha value is -3.60. The Balaban J connectivity index is 1.72. The Labute approximate surface area is 150 Å². The number of anilines is 1. The molecule has 0 spiro atoms. The maximum atomic E-state index is 12.6. The molecule has 128 valence electrons. The van der Waals surface area contributed by atoms with E-state index in [4.69, 9.17) is 0 Å². The van der Waals surface area contributed by atoms with Crippen molar-refractivity contribution >= 4 is 22.6 Å². The fourth-order valence-corrected chi connectivity index (χ4v) is 2.90. The molecule has 0 radical (unpaired) electrons. The van der Waals surface area contributed by atoms with Gasteiger partial charge in [-0.3, -0.25) is 4.79 Å². The molecule has 4 rings (SSSR count). The third-order valence-corrected chi connectivity index (χ3v) is 4.22. The van der Waals surface area contributed by atoms with E-state index in [0.29, 0.717) is 11.5 Å². The fraction of sp³-hybridized carbons (Fsp3) is 0.0476. The molecule has 1 aromatic heterocycles. The van der Waals surface area contributed by atoms with Crippen LogP contribution in [-0.4, -0.2) is 21.0 Å². The molecule has 0 fully saturated rings. The number of H-pyrrole nitrogens is 1. The van der Waals surface area contributed by atoms with Crippen molar-refractivity contribution in [3.63, 3.8) is 0 Å². The lowest BCUT2D eigenvalue weighted by atomic mass is 10.1. The number of para-hydroxylation sites is 3. The van der Waals surface area contributed by atoms with Gasteiger partial charge in [0.05, 0.1) is 22.3 Å². The van der Waals surface area contributed by atoms with Gasteiger partial charge in [0.1, 0.15) is 11.6 Å². The van der Waals surface area contributed by atoms with Gasteiger partial charge in [-0.25, -0.2) is 4.98 Å². The molecule has 26 heavy (non-hydrogen) atoms. The molecule has 3 N–H and O–H groups in total. The number of aromatic hydroxyl groups is 1. The number of hydrogen-bond acceptors (Lipinski definition) is 3. The van der Waals surface area contributed by atoms with Crippen molar-refractivity contribution in [2.45, 2.75) is 6.92 Å². The average molecular weight is 343 g/mol. The van der Waals surface area contributed by atoms with Crippen LogP contribution in [0.15, 0.2) is 66.7 Å². The number of benzene rings is 3. The molecule has 5 heteroatoms. The molecule has 0 aliphatic heterocycles. The van der Waals surface area contributed by atoms with Crippen molar-refractivity contribution in [1.82, 2.24) is 9.97 Å². The van der Waals surface area contributed by atoms with Gasteiger partial charge in [0.25, 0.3) is 5.91 Å². The predicted octanol–water partition coefficient (Wildman–Crippen LogP) is 4.50. The molecule has 0 saturated heterocycles. The van der Waals surface area contributed by atoms with Crippen LogP contribution in [0.1, 0.15) is 15.9 Å². The molecule has 1 amide bonds. The summed E-state index contributed by atoms with van der Waals surface area (Å²) in [4.78, 5) is 20.5. The molecule has 5 nitrogen and oxygen atoms in total. The maximum Gasteiger partial charge on any atom is 0.259 e. The summed E-state index contributed by atoms with van der Waals surface area (Å²) in [6, 6.07) is 20.1. The van der Waals surface area contributed by atoms with E-state index in [1.54, 1.807) is 12.1 Å². The highest BCUT2D eigenvalue weighted by atomic mass is 16.3. The molecular weight excluding hydrogens is 326 g/mol. The highest BCUT2D eigenvalue weighted by Gasteiger charge is 2.15. The first-order valence-corrected chi connectivity index (χ1v) is 8.27. The van der Waals surface area contributed by atoms with Crippen molar-refractivity contribution in [2.75, 3.05) is 5.32 Å². The van der Waals surface area contributed by atoms with Crippen LogP contribution in [0.5, 0.6) is 5.75 Å². The van der Waals surface area contributed by atoms with Crippen LogP contribution < -0.4 is 5.32 Å². The van der Waals surface area contributed by atoms with E-state index in [0.717, 1.165) is 22.2 Å². The van der Waals surface area contributed by atoms with Gasteiger partial charge < -0.3 is 15.4 Å².